The highest BCUT2D eigenvalue weighted by Crippen LogP contribution is 2.36. The third kappa shape index (κ3) is 2.03. The zero-order valence-electron chi connectivity index (χ0n) is 8.52. The van der Waals surface area contributed by atoms with Crippen molar-refractivity contribution in [2.24, 2.45) is 0 Å². The molecule has 0 spiro atoms. The number of nitrogens with one attached hydrogen (secondary N) is 1. The van der Waals surface area contributed by atoms with Crippen molar-refractivity contribution in [1.82, 2.24) is 0 Å². The maximum atomic E-state index is 13.4. The van der Waals surface area contributed by atoms with Crippen LogP contribution >= 0.6 is 0 Å². The molecule has 0 saturated heterocycles. The van der Waals surface area contributed by atoms with E-state index in [-0.39, 0.29) is 12.8 Å². The Hall–Kier alpha value is -1.32. The van der Waals surface area contributed by atoms with E-state index in [4.69, 9.17) is 4.74 Å². The Labute approximate surface area is 87.2 Å². The van der Waals surface area contributed by atoms with Gasteiger partial charge in [0.05, 0.1) is 7.11 Å². The van der Waals surface area contributed by atoms with Crippen molar-refractivity contribution < 1.29 is 13.5 Å². The topological polar surface area (TPSA) is 21.3 Å². The Morgan fingerprint density at radius 2 is 2.20 bits per heavy atom. The second-order valence-corrected chi connectivity index (χ2v) is 3.70. The van der Waals surface area contributed by atoms with Gasteiger partial charge in [-0.2, -0.15) is 0 Å². The van der Waals surface area contributed by atoms with Gasteiger partial charge in [0.1, 0.15) is 5.75 Å². The van der Waals surface area contributed by atoms with Gasteiger partial charge in [0, 0.05) is 30.6 Å². The van der Waals surface area contributed by atoms with Crippen LogP contribution in [-0.4, -0.2) is 19.6 Å². The third-order valence-electron chi connectivity index (χ3n) is 2.59. The van der Waals surface area contributed by atoms with E-state index >= 15 is 0 Å². The molecule has 4 heteroatoms. The first-order valence-corrected chi connectivity index (χ1v) is 4.90. The molecule has 1 aliphatic heterocycles. The summed E-state index contributed by atoms with van der Waals surface area (Å²) in [5.74, 6) is -2.12. The lowest BCUT2D eigenvalue weighted by Crippen LogP contribution is -2.20. The number of fused-ring (bicyclic) bond motifs is 1. The number of methoxy groups -OCH3 is 1. The molecular formula is C11H13F2NO. The number of alkyl halides is 2. The average Bonchev–Trinajstić information content (AvgIpc) is 2.34. The molecule has 0 aliphatic carbocycles. The number of halogens is 2. The van der Waals surface area contributed by atoms with Crippen molar-refractivity contribution in [1.29, 1.82) is 0 Å². The predicted octanol–water partition coefficient (Wildman–Crippen LogP) is 2.69. The number of ether oxygens (including phenoxy) is 1. The van der Waals surface area contributed by atoms with Gasteiger partial charge in [-0.1, -0.05) is 6.07 Å². The van der Waals surface area contributed by atoms with Gasteiger partial charge in [-0.25, -0.2) is 8.78 Å². The molecule has 15 heavy (non-hydrogen) atoms. The standard InChI is InChI=1S/C11H13F2NO/c1-15-10-4-2-3-9-8(10)7-11(12,13)5-6-14-9/h2-4,14H,5-7H2,1H3. The minimum absolute atomic E-state index is 0.134. The van der Waals surface area contributed by atoms with Crippen molar-refractivity contribution in [2.45, 2.75) is 18.8 Å². The van der Waals surface area contributed by atoms with Crippen LogP contribution in [0.5, 0.6) is 5.75 Å². The molecule has 0 bridgehead atoms. The maximum absolute atomic E-state index is 13.4. The van der Waals surface area contributed by atoms with Crippen molar-refractivity contribution in [2.75, 3.05) is 19.0 Å². The minimum atomic E-state index is -2.65. The summed E-state index contributed by atoms with van der Waals surface area (Å²) in [7, 11) is 1.50. The van der Waals surface area contributed by atoms with Crippen molar-refractivity contribution in [3.8, 4) is 5.75 Å². The molecule has 0 saturated carbocycles. The molecule has 0 unspecified atom stereocenters. The van der Waals surface area contributed by atoms with Gasteiger partial charge >= 0.3 is 0 Å². The number of benzene rings is 1. The highest BCUT2D eigenvalue weighted by Gasteiger charge is 2.33. The lowest BCUT2D eigenvalue weighted by molar-refractivity contribution is -0.00239. The van der Waals surface area contributed by atoms with Gasteiger partial charge in [0.15, 0.2) is 0 Å². The highest BCUT2D eigenvalue weighted by molar-refractivity contribution is 5.58. The fourth-order valence-corrected chi connectivity index (χ4v) is 1.83. The fourth-order valence-electron chi connectivity index (χ4n) is 1.83. The zero-order valence-corrected chi connectivity index (χ0v) is 8.52. The quantitative estimate of drug-likeness (QED) is 0.774. The summed E-state index contributed by atoms with van der Waals surface area (Å²) in [6, 6.07) is 5.31. The number of hydrogen-bond donors (Lipinski definition) is 1. The highest BCUT2D eigenvalue weighted by atomic mass is 19.3. The summed E-state index contributed by atoms with van der Waals surface area (Å²) in [6.45, 7) is 0.299. The van der Waals surface area contributed by atoms with Crippen LogP contribution in [0, 0.1) is 0 Å². The second-order valence-electron chi connectivity index (χ2n) is 3.70. The van der Waals surface area contributed by atoms with E-state index in [1.807, 2.05) is 0 Å². The summed E-state index contributed by atoms with van der Waals surface area (Å²) >= 11 is 0. The fraction of sp³-hybridized carbons (Fsp3) is 0.455. The molecule has 0 radical (unpaired) electrons. The lowest BCUT2D eigenvalue weighted by atomic mass is 10.0. The van der Waals surface area contributed by atoms with Gasteiger partial charge in [-0.15, -0.1) is 0 Å². The first-order valence-electron chi connectivity index (χ1n) is 4.90. The van der Waals surface area contributed by atoms with Crippen LogP contribution in [0.4, 0.5) is 14.5 Å². The lowest BCUT2D eigenvalue weighted by Gasteiger charge is -2.15. The van der Waals surface area contributed by atoms with Gasteiger partial charge in [0.25, 0.3) is 5.92 Å². The Morgan fingerprint density at radius 1 is 1.40 bits per heavy atom. The summed E-state index contributed by atoms with van der Waals surface area (Å²) in [5, 5.41) is 3.00. The van der Waals surface area contributed by atoms with E-state index < -0.39 is 5.92 Å². The molecular weight excluding hydrogens is 200 g/mol. The van der Waals surface area contributed by atoms with Gasteiger partial charge in [0.2, 0.25) is 0 Å². The SMILES string of the molecule is COc1cccc2c1CC(F)(F)CCN2. The molecule has 0 fully saturated rings. The summed E-state index contributed by atoms with van der Waals surface area (Å²) in [6.07, 6.45) is -0.385. The van der Waals surface area contributed by atoms with E-state index in [1.54, 1.807) is 18.2 Å². The normalized spacial score (nSPS) is 18.6. The van der Waals surface area contributed by atoms with Gasteiger partial charge in [-0.3, -0.25) is 0 Å². The Balaban J connectivity index is 2.43. The van der Waals surface area contributed by atoms with Gasteiger partial charge in [-0.05, 0) is 12.1 Å². The summed E-state index contributed by atoms with van der Waals surface area (Å²) in [5.41, 5.74) is 1.33. The second kappa shape index (κ2) is 3.68. The summed E-state index contributed by atoms with van der Waals surface area (Å²) in [4.78, 5) is 0. The largest absolute Gasteiger partial charge is 0.496 e. The number of hydrogen-bond acceptors (Lipinski definition) is 2. The van der Waals surface area contributed by atoms with Crippen molar-refractivity contribution in [3.05, 3.63) is 23.8 Å². The van der Waals surface area contributed by atoms with E-state index in [0.717, 1.165) is 5.69 Å². The summed E-state index contributed by atoms with van der Waals surface area (Å²) < 4.78 is 31.8. The first kappa shape index (κ1) is 10.2. The van der Waals surface area contributed by atoms with E-state index in [9.17, 15) is 8.78 Å². The molecule has 0 aromatic heterocycles. The Morgan fingerprint density at radius 3 is 2.93 bits per heavy atom. The van der Waals surface area contributed by atoms with Crippen LogP contribution in [0.15, 0.2) is 18.2 Å². The van der Waals surface area contributed by atoms with Crippen LogP contribution in [0.1, 0.15) is 12.0 Å². The molecule has 0 amide bonds. The monoisotopic (exact) mass is 213 g/mol. The third-order valence-corrected chi connectivity index (χ3v) is 2.59. The Bertz CT molecular complexity index is 366. The molecule has 82 valence electrons. The smallest absolute Gasteiger partial charge is 0.254 e. The van der Waals surface area contributed by atoms with Crippen LogP contribution in [0.2, 0.25) is 0 Å². The molecule has 0 atom stereocenters. The average molecular weight is 213 g/mol. The van der Waals surface area contributed by atoms with Crippen molar-refractivity contribution in [3.63, 3.8) is 0 Å². The number of anilines is 1. The first-order chi connectivity index (χ1) is 7.12. The molecule has 1 heterocycles. The zero-order chi connectivity index (χ0) is 10.9. The van der Waals surface area contributed by atoms with E-state index in [1.165, 1.54) is 7.11 Å². The minimum Gasteiger partial charge on any atom is -0.496 e. The molecule has 1 aliphatic rings. The maximum Gasteiger partial charge on any atom is 0.254 e. The predicted molar refractivity (Wildman–Crippen MR) is 54.8 cm³/mol. The molecule has 2 nitrogen and oxygen atoms in total. The van der Waals surface area contributed by atoms with Crippen LogP contribution < -0.4 is 10.1 Å². The molecule has 1 N–H and O–H groups in total. The van der Waals surface area contributed by atoms with E-state index in [2.05, 4.69) is 5.32 Å². The van der Waals surface area contributed by atoms with E-state index in [0.29, 0.717) is 17.9 Å². The molecule has 1 aromatic rings. The van der Waals surface area contributed by atoms with Crippen LogP contribution in [0.25, 0.3) is 0 Å². The molecule has 2 rings (SSSR count). The van der Waals surface area contributed by atoms with Gasteiger partial charge < -0.3 is 10.1 Å². The Kier molecular flexibility index (Phi) is 2.50. The van der Waals surface area contributed by atoms with Crippen molar-refractivity contribution >= 4 is 5.69 Å². The number of rotatable bonds is 1. The van der Waals surface area contributed by atoms with Crippen LogP contribution in [0.3, 0.4) is 0 Å². The molecule has 1 aromatic carbocycles. The van der Waals surface area contributed by atoms with Crippen LogP contribution in [-0.2, 0) is 6.42 Å².